The highest BCUT2D eigenvalue weighted by atomic mass is 19.1. The number of anilines is 2. The second-order valence-corrected chi connectivity index (χ2v) is 9.36. The number of nitrogens with one attached hydrogen (secondary N) is 1. The lowest BCUT2D eigenvalue weighted by Gasteiger charge is -2.34. The zero-order valence-electron chi connectivity index (χ0n) is 19.6. The van der Waals surface area contributed by atoms with Crippen LogP contribution < -0.4 is 15.0 Å². The summed E-state index contributed by atoms with van der Waals surface area (Å²) in [6.45, 7) is 1.40. The summed E-state index contributed by atoms with van der Waals surface area (Å²) in [4.78, 5) is 14.2. The monoisotopic (exact) mass is 477 g/mol. The molecule has 1 amide bonds. The van der Waals surface area contributed by atoms with Gasteiger partial charge in [-0.2, -0.15) is 5.26 Å². The number of hydrogen-bond acceptors (Lipinski definition) is 4. The Bertz CT molecular complexity index is 1520. The summed E-state index contributed by atoms with van der Waals surface area (Å²) in [5, 5.41) is 14.0. The molecule has 4 aromatic carbocycles. The van der Waals surface area contributed by atoms with E-state index in [1.54, 1.807) is 12.1 Å². The second-order valence-electron chi connectivity index (χ2n) is 9.36. The lowest BCUT2D eigenvalue weighted by Crippen LogP contribution is -2.38. The fraction of sp³-hybridized carbons (Fsp3) is 0.200. The van der Waals surface area contributed by atoms with Crippen LogP contribution in [0.1, 0.15) is 39.9 Å². The minimum atomic E-state index is -0.355. The minimum absolute atomic E-state index is 0.0397. The van der Waals surface area contributed by atoms with Gasteiger partial charge in [0, 0.05) is 42.6 Å². The van der Waals surface area contributed by atoms with Crippen LogP contribution in [-0.4, -0.2) is 25.1 Å². The van der Waals surface area contributed by atoms with E-state index in [1.807, 2.05) is 41.3 Å². The molecule has 2 aliphatic heterocycles. The van der Waals surface area contributed by atoms with Gasteiger partial charge in [0.1, 0.15) is 17.7 Å². The SMILES string of the molecule is N#Cc1ccc(N2CCC(Oc3ccc(Cc4ccc5c6c(cccc46)C(=O)N5)cc3)CC2)c(F)c1. The fourth-order valence-electron chi connectivity index (χ4n) is 5.25. The first-order valence-electron chi connectivity index (χ1n) is 12.2. The summed E-state index contributed by atoms with van der Waals surface area (Å²) in [5.41, 5.74) is 4.85. The lowest BCUT2D eigenvalue weighted by molar-refractivity contribution is 0.103. The molecule has 2 heterocycles. The van der Waals surface area contributed by atoms with E-state index in [2.05, 4.69) is 29.6 Å². The molecule has 4 aromatic rings. The number of carbonyl (C=O) groups excluding carboxylic acids is 1. The van der Waals surface area contributed by atoms with E-state index in [0.717, 1.165) is 47.0 Å². The van der Waals surface area contributed by atoms with Gasteiger partial charge in [-0.05, 0) is 65.4 Å². The highest BCUT2D eigenvalue weighted by Crippen LogP contribution is 2.36. The topological polar surface area (TPSA) is 65.4 Å². The van der Waals surface area contributed by atoms with Crippen LogP contribution in [0.5, 0.6) is 5.75 Å². The van der Waals surface area contributed by atoms with E-state index in [0.29, 0.717) is 24.3 Å². The first kappa shape index (κ1) is 22.1. The number of amides is 1. The van der Waals surface area contributed by atoms with Crippen molar-refractivity contribution in [3.05, 3.63) is 101 Å². The van der Waals surface area contributed by atoms with E-state index in [-0.39, 0.29) is 17.8 Å². The van der Waals surface area contributed by atoms with Gasteiger partial charge in [-0.15, -0.1) is 0 Å². The first-order chi connectivity index (χ1) is 17.6. The highest BCUT2D eigenvalue weighted by molar-refractivity contribution is 6.24. The quantitative estimate of drug-likeness (QED) is 0.380. The standard InChI is InChI=1S/C30H24FN3O2/c31-26-17-20(18-32)6-11-28(26)34-14-12-23(13-15-34)36-22-8-4-19(5-9-22)16-21-7-10-27-29-24(21)2-1-3-25(29)30(35)33-27/h1-11,17,23H,12-16H2,(H,33,35). The van der Waals surface area contributed by atoms with E-state index < -0.39 is 0 Å². The third-order valence-corrected chi connectivity index (χ3v) is 7.10. The van der Waals surface area contributed by atoms with Crippen LogP contribution >= 0.6 is 0 Å². The van der Waals surface area contributed by atoms with E-state index in [1.165, 1.54) is 17.2 Å². The number of nitriles is 1. The largest absolute Gasteiger partial charge is 0.490 e. The van der Waals surface area contributed by atoms with Gasteiger partial charge >= 0.3 is 0 Å². The molecule has 36 heavy (non-hydrogen) atoms. The van der Waals surface area contributed by atoms with Gasteiger partial charge in [0.05, 0.1) is 17.3 Å². The summed E-state index contributed by atoms with van der Waals surface area (Å²) in [6.07, 6.45) is 2.45. The van der Waals surface area contributed by atoms with E-state index >= 15 is 0 Å². The van der Waals surface area contributed by atoms with Gasteiger partial charge in [0.2, 0.25) is 0 Å². The summed E-state index contributed by atoms with van der Waals surface area (Å²) < 4.78 is 20.6. The highest BCUT2D eigenvalue weighted by Gasteiger charge is 2.24. The molecule has 5 nitrogen and oxygen atoms in total. The van der Waals surface area contributed by atoms with Crippen LogP contribution in [0.2, 0.25) is 0 Å². The van der Waals surface area contributed by atoms with E-state index in [9.17, 15) is 9.18 Å². The fourth-order valence-corrected chi connectivity index (χ4v) is 5.25. The molecule has 0 unspecified atom stereocenters. The predicted molar refractivity (Wildman–Crippen MR) is 138 cm³/mol. The van der Waals surface area contributed by atoms with Crippen LogP contribution in [0.3, 0.4) is 0 Å². The Morgan fingerprint density at radius 3 is 2.58 bits per heavy atom. The predicted octanol–water partition coefficient (Wildman–Crippen LogP) is 6.05. The zero-order valence-corrected chi connectivity index (χ0v) is 19.6. The number of benzene rings is 4. The van der Waals surface area contributed by atoms with E-state index in [4.69, 9.17) is 10.00 Å². The van der Waals surface area contributed by atoms with Crippen LogP contribution in [-0.2, 0) is 6.42 Å². The number of carbonyl (C=O) groups is 1. The molecule has 0 spiro atoms. The molecule has 1 fully saturated rings. The normalized spacial score (nSPS) is 15.1. The van der Waals surface area contributed by atoms with Crippen molar-refractivity contribution in [2.45, 2.75) is 25.4 Å². The van der Waals surface area contributed by atoms with Crippen LogP contribution in [0.25, 0.3) is 10.8 Å². The molecule has 0 saturated carbocycles. The molecule has 0 aliphatic carbocycles. The van der Waals surface area contributed by atoms with Gasteiger partial charge in [0.25, 0.3) is 5.91 Å². The lowest BCUT2D eigenvalue weighted by atomic mass is 9.96. The molecular weight excluding hydrogens is 453 g/mol. The molecule has 0 radical (unpaired) electrons. The number of hydrogen-bond donors (Lipinski definition) is 1. The average Bonchev–Trinajstić information content (AvgIpc) is 3.24. The number of piperidine rings is 1. The maximum absolute atomic E-state index is 14.4. The van der Waals surface area contributed by atoms with Crippen molar-refractivity contribution < 1.29 is 13.9 Å². The molecule has 0 bridgehead atoms. The van der Waals surface area contributed by atoms with Gasteiger partial charge in [-0.3, -0.25) is 4.79 Å². The van der Waals surface area contributed by atoms with Gasteiger partial charge in [-0.25, -0.2) is 4.39 Å². The van der Waals surface area contributed by atoms with Crippen molar-refractivity contribution in [2.24, 2.45) is 0 Å². The van der Waals surface area contributed by atoms with Crippen LogP contribution in [0.4, 0.5) is 15.8 Å². The van der Waals surface area contributed by atoms with Gasteiger partial charge in [0.15, 0.2) is 0 Å². The smallest absolute Gasteiger partial charge is 0.256 e. The van der Waals surface area contributed by atoms with Crippen molar-refractivity contribution in [2.75, 3.05) is 23.3 Å². The maximum atomic E-state index is 14.4. The summed E-state index contributed by atoms with van der Waals surface area (Å²) >= 11 is 0. The summed E-state index contributed by atoms with van der Waals surface area (Å²) in [6, 6.07) is 24.7. The van der Waals surface area contributed by atoms with Crippen LogP contribution in [0, 0.1) is 17.1 Å². The van der Waals surface area contributed by atoms with Gasteiger partial charge < -0.3 is 15.0 Å². The molecular formula is C30H24FN3O2. The number of rotatable bonds is 5. The first-order valence-corrected chi connectivity index (χ1v) is 12.2. The van der Waals surface area contributed by atoms with Crippen molar-refractivity contribution in [1.29, 1.82) is 5.26 Å². The van der Waals surface area contributed by atoms with Gasteiger partial charge in [-0.1, -0.05) is 30.3 Å². The van der Waals surface area contributed by atoms with Crippen molar-refractivity contribution in [1.82, 2.24) is 0 Å². The summed E-state index contributed by atoms with van der Waals surface area (Å²) in [5.74, 6) is 0.436. The molecule has 178 valence electrons. The Labute approximate surface area is 208 Å². The molecule has 0 atom stereocenters. The number of nitrogens with zero attached hydrogens (tertiary/aromatic N) is 2. The molecule has 2 aliphatic rings. The Morgan fingerprint density at radius 2 is 1.83 bits per heavy atom. The Balaban J connectivity index is 1.10. The Hall–Kier alpha value is -4.37. The van der Waals surface area contributed by atoms with Crippen LogP contribution in [0.15, 0.2) is 72.8 Å². The maximum Gasteiger partial charge on any atom is 0.256 e. The zero-order chi connectivity index (χ0) is 24.6. The molecule has 0 aromatic heterocycles. The second kappa shape index (κ2) is 9.01. The number of halogens is 1. The Morgan fingerprint density at radius 1 is 1.03 bits per heavy atom. The molecule has 6 heteroatoms. The summed E-state index contributed by atoms with van der Waals surface area (Å²) in [7, 11) is 0. The average molecular weight is 478 g/mol. The molecule has 6 rings (SSSR count). The molecule has 1 N–H and O–H groups in total. The third kappa shape index (κ3) is 4.03. The molecule has 1 saturated heterocycles. The third-order valence-electron chi connectivity index (χ3n) is 7.10. The van der Waals surface area contributed by atoms with Crippen molar-refractivity contribution in [3.63, 3.8) is 0 Å². The van der Waals surface area contributed by atoms with Crippen molar-refractivity contribution >= 4 is 28.1 Å². The Kier molecular flexibility index (Phi) is 5.54. The number of ether oxygens (including phenoxy) is 1. The van der Waals surface area contributed by atoms with Crippen molar-refractivity contribution in [3.8, 4) is 11.8 Å². The minimum Gasteiger partial charge on any atom is -0.490 e.